The molecule has 4 rings (SSSR count). The summed E-state index contributed by atoms with van der Waals surface area (Å²) < 4.78 is 0.993. The molecule has 0 saturated carbocycles. The number of aryl methyl sites for hydroxylation is 1. The summed E-state index contributed by atoms with van der Waals surface area (Å²) in [5.41, 5.74) is 2.01. The zero-order valence-corrected chi connectivity index (χ0v) is 19.0. The number of carbonyl (C=O) groups is 1. The van der Waals surface area contributed by atoms with E-state index in [1.165, 1.54) is 11.3 Å². The molecule has 8 heteroatoms. The summed E-state index contributed by atoms with van der Waals surface area (Å²) in [5.74, 6) is 0.882. The highest BCUT2D eigenvalue weighted by Crippen LogP contribution is 2.35. The molecular weight excluding hydrogens is 450 g/mol. The second-order valence-corrected chi connectivity index (χ2v) is 8.98. The van der Waals surface area contributed by atoms with E-state index in [0.29, 0.717) is 11.4 Å². The fourth-order valence-electron chi connectivity index (χ4n) is 3.68. The molecule has 29 heavy (non-hydrogen) atoms. The molecule has 3 heterocycles. The number of hydrogen-bond donors (Lipinski definition) is 1. The number of rotatable bonds is 5. The van der Waals surface area contributed by atoms with Crippen LogP contribution in [0.5, 0.6) is 0 Å². The second kappa shape index (κ2) is 8.77. The highest BCUT2D eigenvalue weighted by Gasteiger charge is 2.24. The molecule has 0 spiro atoms. The minimum Gasteiger partial charge on any atom is -0.353 e. The fourth-order valence-corrected chi connectivity index (χ4v) is 5.17. The van der Waals surface area contributed by atoms with Crippen LogP contribution in [-0.4, -0.2) is 53.5 Å². The van der Waals surface area contributed by atoms with Crippen LogP contribution in [0.2, 0.25) is 0 Å². The predicted molar refractivity (Wildman–Crippen MR) is 122 cm³/mol. The Labute approximate surface area is 183 Å². The lowest BCUT2D eigenvalue weighted by molar-refractivity contribution is 0.0954. The first-order chi connectivity index (χ1) is 14.1. The van der Waals surface area contributed by atoms with Crippen LogP contribution in [0.15, 0.2) is 35.1 Å². The number of halogens is 1. The molecule has 1 saturated heterocycles. The molecule has 2 aromatic heterocycles. The third-order valence-corrected chi connectivity index (χ3v) is 7.40. The summed E-state index contributed by atoms with van der Waals surface area (Å²) in [6.45, 7) is 9.70. The van der Waals surface area contributed by atoms with Gasteiger partial charge in [0, 0.05) is 37.2 Å². The minimum atomic E-state index is -0.0667. The number of fused-ring (bicyclic) bond motifs is 1. The van der Waals surface area contributed by atoms with Crippen molar-refractivity contribution in [1.29, 1.82) is 0 Å². The normalized spacial score (nSPS) is 15.1. The Balaban J connectivity index is 1.57. The molecule has 0 aliphatic carbocycles. The van der Waals surface area contributed by atoms with Crippen LogP contribution in [0.1, 0.15) is 27.7 Å². The van der Waals surface area contributed by atoms with Gasteiger partial charge < -0.3 is 15.1 Å². The number of hydrogen-bond acceptors (Lipinski definition) is 6. The van der Waals surface area contributed by atoms with Crippen LogP contribution in [0.4, 0.5) is 5.82 Å². The largest absolute Gasteiger partial charge is 0.353 e. The number of thiophene rings is 1. The van der Waals surface area contributed by atoms with E-state index in [9.17, 15) is 4.79 Å². The SMILES string of the molecule is CCN1CCN(c2ncnc3sc(C(=O)NCc4ccccc4Br)c(C)c23)CC1. The number of nitrogens with zero attached hydrogens (tertiary/aromatic N) is 4. The Kier molecular flexibility index (Phi) is 6.12. The molecule has 1 aliphatic heterocycles. The van der Waals surface area contributed by atoms with E-state index in [-0.39, 0.29) is 5.91 Å². The lowest BCUT2D eigenvalue weighted by atomic mass is 10.1. The predicted octanol–water partition coefficient (Wildman–Crippen LogP) is 3.83. The molecule has 1 aromatic carbocycles. The van der Waals surface area contributed by atoms with Crippen molar-refractivity contribution in [3.8, 4) is 0 Å². The Morgan fingerprint density at radius 1 is 1.21 bits per heavy atom. The third kappa shape index (κ3) is 4.15. The van der Waals surface area contributed by atoms with E-state index >= 15 is 0 Å². The van der Waals surface area contributed by atoms with Gasteiger partial charge in [0.2, 0.25) is 0 Å². The van der Waals surface area contributed by atoms with Gasteiger partial charge in [-0.2, -0.15) is 0 Å². The molecule has 1 amide bonds. The van der Waals surface area contributed by atoms with Crippen LogP contribution in [-0.2, 0) is 6.54 Å². The van der Waals surface area contributed by atoms with Gasteiger partial charge in [0.15, 0.2) is 0 Å². The summed E-state index contributed by atoms with van der Waals surface area (Å²) >= 11 is 4.97. The number of carbonyl (C=O) groups excluding carboxylic acids is 1. The van der Waals surface area contributed by atoms with Crippen molar-refractivity contribution >= 4 is 49.2 Å². The lowest BCUT2D eigenvalue weighted by Crippen LogP contribution is -2.46. The standard InChI is InChI=1S/C21H24BrN5OS/c1-3-26-8-10-27(11-9-26)19-17-14(2)18(29-21(17)25-13-24-19)20(28)23-12-15-6-4-5-7-16(15)22/h4-7,13H,3,8-12H2,1-2H3,(H,23,28). The van der Waals surface area contributed by atoms with Crippen LogP contribution >= 0.6 is 27.3 Å². The van der Waals surface area contributed by atoms with Crippen molar-refractivity contribution in [2.24, 2.45) is 0 Å². The smallest absolute Gasteiger partial charge is 0.261 e. The van der Waals surface area contributed by atoms with Gasteiger partial charge in [-0.1, -0.05) is 41.1 Å². The highest BCUT2D eigenvalue weighted by molar-refractivity contribution is 9.10. The van der Waals surface area contributed by atoms with Gasteiger partial charge >= 0.3 is 0 Å². The Hall–Kier alpha value is -2.03. The zero-order valence-electron chi connectivity index (χ0n) is 16.6. The Bertz CT molecular complexity index is 1030. The summed E-state index contributed by atoms with van der Waals surface area (Å²) in [6, 6.07) is 7.91. The molecule has 0 radical (unpaired) electrons. The van der Waals surface area contributed by atoms with E-state index in [0.717, 1.165) is 64.4 Å². The van der Waals surface area contributed by atoms with Gasteiger partial charge in [-0.05, 0) is 30.7 Å². The fraction of sp³-hybridized carbons (Fsp3) is 0.381. The Morgan fingerprint density at radius 2 is 1.97 bits per heavy atom. The summed E-state index contributed by atoms with van der Waals surface area (Å²) in [7, 11) is 0. The average Bonchev–Trinajstić information content (AvgIpc) is 3.10. The van der Waals surface area contributed by atoms with Gasteiger partial charge in [0.05, 0.1) is 10.3 Å². The van der Waals surface area contributed by atoms with Gasteiger partial charge in [-0.3, -0.25) is 4.79 Å². The van der Waals surface area contributed by atoms with Crippen molar-refractivity contribution in [2.45, 2.75) is 20.4 Å². The van der Waals surface area contributed by atoms with Crippen molar-refractivity contribution in [3.63, 3.8) is 0 Å². The molecule has 0 unspecified atom stereocenters. The topological polar surface area (TPSA) is 61.4 Å². The number of nitrogens with one attached hydrogen (secondary N) is 1. The quantitative estimate of drug-likeness (QED) is 0.609. The van der Waals surface area contributed by atoms with Gasteiger partial charge in [-0.15, -0.1) is 11.3 Å². The third-order valence-electron chi connectivity index (χ3n) is 5.43. The second-order valence-electron chi connectivity index (χ2n) is 7.13. The number of aromatic nitrogens is 2. The molecule has 6 nitrogen and oxygen atoms in total. The molecule has 1 fully saturated rings. The minimum absolute atomic E-state index is 0.0667. The summed E-state index contributed by atoms with van der Waals surface area (Å²) in [4.78, 5) is 28.3. The maximum Gasteiger partial charge on any atom is 0.261 e. The van der Waals surface area contributed by atoms with Crippen molar-refractivity contribution in [3.05, 3.63) is 51.1 Å². The van der Waals surface area contributed by atoms with E-state index in [4.69, 9.17) is 0 Å². The van der Waals surface area contributed by atoms with Crippen LogP contribution in [0.25, 0.3) is 10.2 Å². The van der Waals surface area contributed by atoms with Crippen LogP contribution in [0, 0.1) is 6.92 Å². The van der Waals surface area contributed by atoms with E-state index < -0.39 is 0 Å². The first-order valence-electron chi connectivity index (χ1n) is 9.81. The molecule has 0 atom stereocenters. The number of amides is 1. The summed E-state index contributed by atoms with van der Waals surface area (Å²) in [6.07, 6.45) is 1.61. The van der Waals surface area contributed by atoms with Crippen molar-refractivity contribution in [2.75, 3.05) is 37.6 Å². The highest BCUT2D eigenvalue weighted by atomic mass is 79.9. The van der Waals surface area contributed by atoms with E-state index in [2.05, 4.69) is 47.9 Å². The van der Waals surface area contributed by atoms with Gasteiger partial charge in [0.25, 0.3) is 5.91 Å². The van der Waals surface area contributed by atoms with Crippen molar-refractivity contribution in [1.82, 2.24) is 20.2 Å². The number of piperazine rings is 1. The van der Waals surface area contributed by atoms with Crippen molar-refractivity contribution < 1.29 is 4.79 Å². The summed E-state index contributed by atoms with van der Waals surface area (Å²) in [5, 5.41) is 4.05. The molecule has 1 N–H and O–H groups in total. The monoisotopic (exact) mass is 473 g/mol. The maximum atomic E-state index is 12.9. The number of likely N-dealkylation sites (N-methyl/N-ethyl adjacent to an activating group) is 1. The van der Waals surface area contributed by atoms with E-state index in [1.807, 2.05) is 31.2 Å². The van der Waals surface area contributed by atoms with Gasteiger partial charge in [-0.25, -0.2) is 9.97 Å². The first-order valence-corrected chi connectivity index (χ1v) is 11.4. The zero-order chi connectivity index (χ0) is 20.4. The maximum absolute atomic E-state index is 12.9. The molecule has 0 bridgehead atoms. The molecule has 1 aliphatic rings. The van der Waals surface area contributed by atoms with E-state index in [1.54, 1.807) is 6.33 Å². The molecule has 152 valence electrons. The Morgan fingerprint density at radius 3 is 2.69 bits per heavy atom. The lowest BCUT2D eigenvalue weighted by Gasteiger charge is -2.35. The number of anilines is 1. The van der Waals surface area contributed by atoms with Gasteiger partial charge in [0.1, 0.15) is 17.0 Å². The first kappa shape index (κ1) is 20.3. The molecule has 3 aromatic rings. The molecular formula is C21H24BrN5OS. The average molecular weight is 474 g/mol. The van der Waals surface area contributed by atoms with Crippen LogP contribution in [0.3, 0.4) is 0 Å². The number of benzene rings is 1. The van der Waals surface area contributed by atoms with Crippen LogP contribution < -0.4 is 10.2 Å².